The second-order valence-corrected chi connectivity index (χ2v) is 17.6. The van der Waals surface area contributed by atoms with Crippen molar-refractivity contribution in [3.63, 3.8) is 0 Å². The number of hydrogen-bond donors (Lipinski definition) is 0. The number of nitrogens with zero attached hydrogens (tertiary/aromatic N) is 1. The molecule has 0 heterocycles. The van der Waals surface area contributed by atoms with Gasteiger partial charge in [-0.05, 0) is 88.9 Å². The number of esters is 2. The van der Waals surface area contributed by atoms with E-state index in [2.05, 4.69) is 39.8 Å². The second-order valence-electron chi connectivity index (χ2n) is 17.6. The van der Waals surface area contributed by atoms with Crippen LogP contribution < -0.4 is 0 Å². The van der Waals surface area contributed by atoms with Gasteiger partial charge >= 0.3 is 11.9 Å². The zero-order chi connectivity index (χ0) is 43.7. The van der Waals surface area contributed by atoms with Crippen LogP contribution in [0.4, 0.5) is 0 Å². The molecule has 0 fully saturated rings. The van der Waals surface area contributed by atoms with E-state index in [1.54, 1.807) is 0 Å². The second kappa shape index (κ2) is 50.8. The van der Waals surface area contributed by atoms with Crippen LogP contribution in [0.25, 0.3) is 0 Å². The molecule has 6 nitrogen and oxygen atoms in total. The monoisotopic (exact) mass is 836 g/mol. The minimum atomic E-state index is 0.00133. The number of ether oxygens (including phenoxy) is 2. The Morgan fingerprint density at radius 1 is 0.373 bits per heavy atom. The predicted octanol–water partition coefficient (Wildman–Crippen LogP) is 17.6. The lowest BCUT2D eigenvalue weighted by molar-refractivity contribution is -0.146. The quantitative estimate of drug-likeness (QED) is 0.0264. The lowest BCUT2D eigenvalue weighted by atomic mass is 9.96. The molecule has 0 spiro atoms. The number of rotatable bonds is 46. The minimum absolute atomic E-state index is 0.00133. The third-order valence-corrected chi connectivity index (χ3v) is 11.8. The van der Waals surface area contributed by atoms with Gasteiger partial charge in [0.25, 0.3) is 0 Å². The first-order valence-electron chi connectivity index (χ1n) is 26.5. The Hall–Kier alpha value is -1.59. The lowest BCUT2D eigenvalue weighted by Gasteiger charge is -2.16. The van der Waals surface area contributed by atoms with Crippen LogP contribution in [-0.4, -0.2) is 37.5 Å². The van der Waals surface area contributed by atoms with Crippen molar-refractivity contribution in [3.8, 4) is 0 Å². The summed E-state index contributed by atoms with van der Waals surface area (Å²) < 4.78 is 11.5. The fourth-order valence-corrected chi connectivity index (χ4v) is 7.80. The first-order chi connectivity index (χ1) is 29.0. The van der Waals surface area contributed by atoms with Crippen molar-refractivity contribution < 1.29 is 23.9 Å². The molecule has 0 aliphatic heterocycles. The maximum absolute atomic E-state index is 12.4. The highest BCUT2D eigenvalue weighted by Gasteiger charge is 2.13. The lowest BCUT2D eigenvalue weighted by Crippen LogP contribution is -2.14. The Morgan fingerprint density at radius 2 is 0.678 bits per heavy atom. The van der Waals surface area contributed by atoms with E-state index < -0.39 is 0 Å². The van der Waals surface area contributed by atoms with Crippen LogP contribution in [0.1, 0.15) is 292 Å². The van der Waals surface area contributed by atoms with Crippen molar-refractivity contribution in [2.24, 2.45) is 17.0 Å². The van der Waals surface area contributed by atoms with Crippen LogP contribution in [0.15, 0.2) is 5.16 Å². The summed E-state index contributed by atoms with van der Waals surface area (Å²) in [6, 6.07) is 0. The van der Waals surface area contributed by atoms with E-state index in [9.17, 15) is 9.59 Å². The summed E-state index contributed by atoms with van der Waals surface area (Å²) in [5.74, 6) is 1.08. The summed E-state index contributed by atoms with van der Waals surface area (Å²) in [4.78, 5) is 30.7. The molecule has 352 valence electrons. The number of carbonyl (C=O) groups excluding carboxylic acids is 2. The molecule has 2 unspecified atom stereocenters. The van der Waals surface area contributed by atoms with Gasteiger partial charge in [0.15, 0.2) is 0 Å². The summed E-state index contributed by atoms with van der Waals surface area (Å²) in [5.41, 5.74) is 1.23. The Morgan fingerprint density at radius 3 is 1.07 bits per heavy atom. The minimum Gasteiger partial charge on any atom is -0.465 e. The molecule has 0 rings (SSSR count). The molecular formula is C53H105NO5. The highest BCUT2D eigenvalue weighted by Crippen LogP contribution is 2.21. The molecule has 2 atom stereocenters. The van der Waals surface area contributed by atoms with E-state index in [-0.39, 0.29) is 11.9 Å². The highest BCUT2D eigenvalue weighted by atomic mass is 16.6. The summed E-state index contributed by atoms with van der Waals surface area (Å²) >= 11 is 0. The number of carbonyl (C=O) groups is 2. The molecule has 0 aromatic rings. The zero-order valence-corrected chi connectivity index (χ0v) is 41.1. The summed E-state index contributed by atoms with van der Waals surface area (Å²) in [6.45, 7) is 17.2. The van der Waals surface area contributed by atoms with Crippen LogP contribution in [0.3, 0.4) is 0 Å². The summed E-state index contributed by atoms with van der Waals surface area (Å²) in [5, 5.41) is 4.65. The van der Waals surface area contributed by atoms with Crippen LogP contribution in [0.2, 0.25) is 0 Å². The Kier molecular flexibility index (Phi) is 51.2. The van der Waals surface area contributed by atoms with Crippen LogP contribution in [-0.2, 0) is 23.9 Å². The molecule has 0 N–H and O–H groups in total. The van der Waals surface area contributed by atoms with Crippen molar-refractivity contribution in [1.82, 2.24) is 0 Å². The Bertz CT molecular complexity index is 818. The largest absolute Gasteiger partial charge is 0.465 e. The van der Waals surface area contributed by atoms with Gasteiger partial charge in [-0.25, -0.2) is 0 Å². The van der Waals surface area contributed by atoms with Gasteiger partial charge in [0, 0.05) is 12.8 Å². The van der Waals surface area contributed by atoms with Crippen molar-refractivity contribution >= 4 is 17.7 Å². The van der Waals surface area contributed by atoms with Crippen molar-refractivity contribution in [3.05, 3.63) is 0 Å². The molecule has 0 aliphatic carbocycles. The Labute approximate surface area is 369 Å². The first kappa shape index (κ1) is 59.5. The van der Waals surface area contributed by atoms with Gasteiger partial charge in [-0.2, -0.15) is 0 Å². The smallest absolute Gasteiger partial charge is 0.305 e. The normalized spacial score (nSPS) is 12.1. The molecule has 6 heteroatoms. The Balaban J connectivity index is 0. The molecule has 0 aliphatic rings. The molecule has 0 aromatic heterocycles. The maximum Gasteiger partial charge on any atom is 0.305 e. The van der Waals surface area contributed by atoms with E-state index in [0.29, 0.717) is 37.9 Å². The van der Waals surface area contributed by atoms with Gasteiger partial charge in [-0.3, -0.25) is 9.59 Å². The average molecular weight is 836 g/mol. The first-order valence-corrected chi connectivity index (χ1v) is 26.5. The van der Waals surface area contributed by atoms with Crippen molar-refractivity contribution in [2.45, 2.75) is 292 Å². The maximum atomic E-state index is 12.4. The molecule has 0 bridgehead atoms. The molecule has 0 aromatic carbocycles. The number of hydrogen-bond acceptors (Lipinski definition) is 6. The van der Waals surface area contributed by atoms with Gasteiger partial charge in [0.1, 0.15) is 6.61 Å². The highest BCUT2D eigenvalue weighted by molar-refractivity contribution is 5.83. The summed E-state index contributed by atoms with van der Waals surface area (Å²) in [7, 11) is 0. The molecule has 0 radical (unpaired) electrons. The van der Waals surface area contributed by atoms with E-state index in [0.717, 1.165) is 64.4 Å². The van der Waals surface area contributed by atoms with E-state index in [4.69, 9.17) is 14.3 Å². The van der Waals surface area contributed by atoms with E-state index >= 15 is 0 Å². The van der Waals surface area contributed by atoms with Crippen LogP contribution in [0.5, 0.6) is 0 Å². The van der Waals surface area contributed by atoms with Crippen LogP contribution >= 0.6 is 0 Å². The van der Waals surface area contributed by atoms with E-state index in [1.807, 2.05) is 13.8 Å². The molecule has 0 saturated carbocycles. The SMILES string of the molecule is CC.CCCCCCCCON=C(CCCCCCCCC(=O)OCC(CCCC)CCCCCC)CCCCCCCCC(=O)OCC(CCCC)CCCCCC. The van der Waals surface area contributed by atoms with E-state index in [1.165, 1.54) is 179 Å². The third kappa shape index (κ3) is 45.8. The van der Waals surface area contributed by atoms with Crippen LogP contribution in [0, 0.1) is 11.8 Å². The van der Waals surface area contributed by atoms with Gasteiger partial charge in [0.2, 0.25) is 0 Å². The predicted molar refractivity (Wildman–Crippen MR) is 257 cm³/mol. The van der Waals surface area contributed by atoms with Crippen molar-refractivity contribution in [1.29, 1.82) is 0 Å². The number of unbranched alkanes of at least 4 members (excludes halogenated alkanes) is 23. The molecule has 59 heavy (non-hydrogen) atoms. The standard InChI is InChI=1S/C51H99NO5.C2H6/c1-6-11-16-19-28-35-44-57-52-49(40-31-24-20-22-26-33-42-50(53)55-45-47(36-14-9-4)38-29-17-12-7-2)41-32-25-21-23-27-34-43-51(54)56-46-48(37-15-10-5)39-30-18-13-8-3;1-2/h47-48H,6-46H2,1-5H3;1-2H3. The van der Waals surface area contributed by atoms with Gasteiger partial charge in [0.05, 0.1) is 18.9 Å². The molecule has 0 saturated heterocycles. The topological polar surface area (TPSA) is 74.2 Å². The zero-order valence-electron chi connectivity index (χ0n) is 41.1. The number of oxime groups is 1. The molecular weight excluding hydrogens is 731 g/mol. The fourth-order valence-electron chi connectivity index (χ4n) is 7.80. The van der Waals surface area contributed by atoms with Gasteiger partial charge in [-0.1, -0.05) is 208 Å². The van der Waals surface area contributed by atoms with Gasteiger partial charge in [-0.15, -0.1) is 0 Å². The molecule has 0 amide bonds. The fraction of sp³-hybridized carbons (Fsp3) is 0.943. The van der Waals surface area contributed by atoms with Gasteiger partial charge < -0.3 is 14.3 Å². The average Bonchev–Trinajstić information content (AvgIpc) is 3.25. The third-order valence-electron chi connectivity index (χ3n) is 11.8. The van der Waals surface area contributed by atoms with Crippen molar-refractivity contribution in [2.75, 3.05) is 19.8 Å². The summed E-state index contributed by atoms with van der Waals surface area (Å²) in [6.07, 6.45) is 44.3.